The van der Waals surface area contributed by atoms with E-state index >= 15 is 0 Å². The molecule has 0 radical (unpaired) electrons. The van der Waals surface area contributed by atoms with Crippen LogP contribution in [0, 0.1) is 11.3 Å². The SMILES string of the molecule is N#Cc1c(CCl)cc(SC(F)(F)F)cc1C(=O)O. The number of carboxylic acid groups (broad SMARTS) is 1. The van der Waals surface area contributed by atoms with Crippen LogP contribution in [0.1, 0.15) is 21.5 Å². The molecule has 1 aromatic carbocycles. The van der Waals surface area contributed by atoms with Crippen molar-refractivity contribution in [1.29, 1.82) is 5.26 Å². The van der Waals surface area contributed by atoms with Gasteiger partial charge in [-0.1, -0.05) is 0 Å². The molecule has 0 aliphatic rings. The summed E-state index contributed by atoms with van der Waals surface area (Å²) in [6.07, 6.45) is 0. The number of nitriles is 1. The van der Waals surface area contributed by atoms with Crippen LogP contribution in [-0.2, 0) is 5.88 Å². The molecule has 0 aromatic heterocycles. The number of nitrogens with zero attached hydrogens (tertiary/aromatic N) is 1. The van der Waals surface area contributed by atoms with E-state index in [-0.39, 0.29) is 21.9 Å². The first-order chi connectivity index (χ1) is 8.28. The summed E-state index contributed by atoms with van der Waals surface area (Å²) in [6.45, 7) is 0. The Morgan fingerprint density at radius 1 is 1.50 bits per heavy atom. The second kappa shape index (κ2) is 5.50. The molecule has 0 amide bonds. The fraction of sp³-hybridized carbons (Fsp3) is 0.200. The Hall–Kier alpha value is -1.39. The van der Waals surface area contributed by atoms with E-state index in [1.54, 1.807) is 6.07 Å². The van der Waals surface area contributed by atoms with E-state index in [2.05, 4.69) is 0 Å². The van der Waals surface area contributed by atoms with E-state index in [0.717, 1.165) is 12.1 Å². The van der Waals surface area contributed by atoms with E-state index in [4.69, 9.17) is 22.0 Å². The van der Waals surface area contributed by atoms with Crippen LogP contribution >= 0.6 is 23.4 Å². The van der Waals surface area contributed by atoms with Gasteiger partial charge in [0.25, 0.3) is 0 Å². The number of benzene rings is 1. The van der Waals surface area contributed by atoms with Crippen LogP contribution in [0.2, 0.25) is 0 Å². The summed E-state index contributed by atoms with van der Waals surface area (Å²) in [5.74, 6) is -1.71. The average Bonchev–Trinajstić information content (AvgIpc) is 2.25. The van der Waals surface area contributed by atoms with Gasteiger partial charge >= 0.3 is 11.5 Å². The van der Waals surface area contributed by atoms with Gasteiger partial charge in [-0.25, -0.2) is 4.79 Å². The lowest BCUT2D eigenvalue weighted by Gasteiger charge is -2.10. The predicted molar refractivity (Wildman–Crippen MR) is 59.6 cm³/mol. The number of hydrogen-bond acceptors (Lipinski definition) is 3. The van der Waals surface area contributed by atoms with Gasteiger partial charge in [-0.2, -0.15) is 18.4 Å². The molecule has 0 spiro atoms. The molecule has 0 heterocycles. The first-order valence-corrected chi connectivity index (χ1v) is 5.75. The Balaban J connectivity index is 3.38. The highest BCUT2D eigenvalue weighted by atomic mass is 35.5. The first-order valence-electron chi connectivity index (χ1n) is 4.40. The third-order valence-corrected chi connectivity index (χ3v) is 2.90. The van der Waals surface area contributed by atoms with Crippen molar-refractivity contribution in [2.75, 3.05) is 0 Å². The van der Waals surface area contributed by atoms with Gasteiger partial charge in [-0.15, -0.1) is 11.6 Å². The fourth-order valence-corrected chi connectivity index (χ4v) is 2.13. The molecule has 8 heteroatoms. The summed E-state index contributed by atoms with van der Waals surface area (Å²) in [5.41, 5.74) is -5.18. The zero-order valence-corrected chi connectivity index (χ0v) is 10.2. The number of rotatable bonds is 3. The Kier molecular flexibility index (Phi) is 4.48. The zero-order valence-electron chi connectivity index (χ0n) is 8.58. The molecule has 1 N–H and O–H groups in total. The third kappa shape index (κ3) is 3.55. The lowest BCUT2D eigenvalue weighted by Crippen LogP contribution is -2.05. The van der Waals surface area contributed by atoms with Gasteiger partial charge in [-0.05, 0) is 29.5 Å². The van der Waals surface area contributed by atoms with Gasteiger partial charge in [0.05, 0.1) is 11.1 Å². The van der Waals surface area contributed by atoms with Crippen LogP contribution in [0.15, 0.2) is 17.0 Å². The van der Waals surface area contributed by atoms with Crippen LogP contribution in [0.4, 0.5) is 13.2 Å². The molecule has 0 unspecified atom stereocenters. The Morgan fingerprint density at radius 2 is 2.11 bits per heavy atom. The number of aromatic carboxylic acids is 1. The number of hydrogen-bond donors (Lipinski definition) is 1. The summed E-state index contributed by atoms with van der Waals surface area (Å²) in [5, 5.41) is 17.7. The van der Waals surface area contributed by atoms with Crippen LogP contribution in [0.5, 0.6) is 0 Å². The zero-order chi connectivity index (χ0) is 13.9. The monoisotopic (exact) mass is 295 g/mol. The normalized spacial score (nSPS) is 11.1. The molecule has 0 saturated carbocycles. The number of halogens is 4. The van der Waals surface area contributed by atoms with Crippen molar-refractivity contribution >= 4 is 29.3 Å². The van der Waals surface area contributed by atoms with Crippen LogP contribution < -0.4 is 0 Å². The molecule has 1 rings (SSSR count). The van der Waals surface area contributed by atoms with Crippen molar-refractivity contribution in [1.82, 2.24) is 0 Å². The van der Waals surface area contributed by atoms with Crippen LogP contribution in [0.3, 0.4) is 0 Å². The van der Waals surface area contributed by atoms with E-state index < -0.39 is 28.8 Å². The highest BCUT2D eigenvalue weighted by Crippen LogP contribution is 2.38. The van der Waals surface area contributed by atoms with E-state index in [1.165, 1.54) is 0 Å². The maximum Gasteiger partial charge on any atom is 0.446 e. The van der Waals surface area contributed by atoms with Crippen LogP contribution in [0.25, 0.3) is 0 Å². The van der Waals surface area contributed by atoms with Gasteiger partial charge < -0.3 is 5.11 Å². The molecule has 0 fully saturated rings. The summed E-state index contributed by atoms with van der Waals surface area (Å²) < 4.78 is 36.6. The third-order valence-electron chi connectivity index (χ3n) is 1.91. The minimum Gasteiger partial charge on any atom is -0.478 e. The molecule has 0 aliphatic carbocycles. The summed E-state index contributed by atoms with van der Waals surface area (Å²) >= 11 is 5.05. The number of carbonyl (C=O) groups is 1. The summed E-state index contributed by atoms with van der Waals surface area (Å²) in [6, 6.07) is 3.51. The molecular formula is C10H5ClF3NO2S. The molecular weight excluding hydrogens is 291 g/mol. The van der Waals surface area contributed by atoms with Gasteiger partial charge in [0.1, 0.15) is 6.07 Å². The fourth-order valence-electron chi connectivity index (χ4n) is 1.27. The van der Waals surface area contributed by atoms with Gasteiger partial charge in [0.2, 0.25) is 0 Å². The molecule has 0 saturated heterocycles. The van der Waals surface area contributed by atoms with Gasteiger partial charge in [-0.3, -0.25) is 0 Å². The lowest BCUT2D eigenvalue weighted by molar-refractivity contribution is -0.0328. The molecule has 3 nitrogen and oxygen atoms in total. The Bertz CT molecular complexity index is 525. The second-order valence-electron chi connectivity index (χ2n) is 3.10. The minimum atomic E-state index is -4.53. The summed E-state index contributed by atoms with van der Waals surface area (Å²) in [4.78, 5) is 10.6. The Labute approximate surface area is 109 Å². The quantitative estimate of drug-likeness (QED) is 0.683. The van der Waals surface area contributed by atoms with Crippen molar-refractivity contribution in [2.24, 2.45) is 0 Å². The van der Waals surface area contributed by atoms with Crippen molar-refractivity contribution < 1.29 is 23.1 Å². The highest BCUT2D eigenvalue weighted by Gasteiger charge is 2.30. The number of alkyl halides is 4. The largest absolute Gasteiger partial charge is 0.478 e. The van der Waals surface area contributed by atoms with Crippen molar-refractivity contribution in [3.63, 3.8) is 0 Å². The summed E-state index contributed by atoms with van der Waals surface area (Å²) in [7, 11) is 0. The molecule has 0 bridgehead atoms. The van der Waals surface area contributed by atoms with Crippen molar-refractivity contribution in [3.8, 4) is 6.07 Å². The maximum atomic E-state index is 12.2. The number of carboxylic acids is 1. The lowest BCUT2D eigenvalue weighted by atomic mass is 10.0. The molecule has 0 aliphatic heterocycles. The maximum absolute atomic E-state index is 12.2. The van der Waals surface area contributed by atoms with Gasteiger partial charge in [0.15, 0.2) is 0 Å². The van der Waals surface area contributed by atoms with E-state index in [1.807, 2.05) is 0 Å². The van der Waals surface area contributed by atoms with Crippen molar-refractivity contribution in [3.05, 3.63) is 28.8 Å². The molecule has 1 aromatic rings. The second-order valence-corrected chi connectivity index (χ2v) is 4.51. The standard InChI is InChI=1S/C10H5ClF3NO2S/c11-3-5-1-6(18-10(12,13)14)2-7(9(16)17)8(5)4-15/h1-2H,3H2,(H,16,17). The Morgan fingerprint density at radius 3 is 2.50 bits per heavy atom. The first kappa shape index (κ1) is 14.7. The smallest absolute Gasteiger partial charge is 0.446 e. The highest BCUT2D eigenvalue weighted by molar-refractivity contribution is 8.00. The molecule has 18 heavy (non-hydrogen) atoms. The van der Waals surface area contributed by atoms with E-state index in [0.29, 0.717) is 0 Å². The van der Waals surface area contributed by atoms with E-state index in [9.17, 15) is 18.0 Å². The predicted octanol–water partition coefficient (Wildman–Crippen LogP) is 3.61. The average molecular weight is 296 g/mol. The van der Waals surface area contributed by atoms with Crippen molar-refractivity contribution in [2.45, 2.75) is 16.3 Å². The minimum absolute atomic E-state index is 0.0609. The molecule has 96 valence electrons. The van der Waals surface area contributed by atoms with Crippen LogP contribution in [-0.4, -0.2) is 16.6 Å². The molecule has 0 atom stereocenters. The van der Waals surface area contributed by atoms with Gasteiger partial charge in [0, 0.05) is 10.8 Å². The number of thioether (sulfide) groups is 1. The topological polar surface area (TPSA) is 61.1 Å².